The van der Waals surface area contributed by atoms with Gasteiger partial charge < -0.3 is 0 Å². The topological polar surface area (TPSA) is 24.7 Å². The number of hydrogen-bond acceptors (Lipinski definition) is 2. The quantitative estimate of drug-likeness (QED) is 0.293. The molecule has 2 heterocycles. The van der Waals surface area contributed by atoms with E-state index in [1.54, 1.807) is 24.8 Å². The zero-order valence-electron chi connectivity index (χ0n) is 8.58. The molecule has 0 aromatic rings. The highest BCUT2D eigenvalue weighted by Gasteiger charge is 2.70. The molecule has 2 aliphatic heterocycles. The molecule has 90 valence electrons. The highest BCUT2D eigenvalue weighted by Crippen LogP contribution is 2.58. The van der Waals surface area contributed by atoms with Crippen molar-refractivity contribution in [1.29, 1.82) is 0 Å². The highest BCUT2D eigenvalue weighted by atomic mass is 127. The molecule has 0 bridgehead atoms. The first-order valence-electron chi connectivity index (χ1n) is 5.01. The van der Waals surface area contributed by atoms with Crippen LogP contribution >= 0.6 is 34.2 Å². The van der Waals surface area contributed by atoms with Crippen LogP contribution in [0, 0.1) is 0 Å². The molecule has 0 radical (unpaired) electrons. The van der Waals surface area contributed by atoms with Gasteiger partial charge in [0, 0.05) is 0 Å². The molecule has 0 amide bonds. The number of alkyl halides is 3. The van der Waals surface area contributed by atoms with Gasteiger partial charge in [0.25, 0.3) is 9.76 Å². The van der Waals surface area contributed by atoms with E-state index in [0.29, 0.717) is 3.84 Å². The minimum absolute atomic E-state index is 0.0637. The first kappa shape index (κ1) is 11.7. The summed E-state index contributed by atoms with van der Waals surface area (Å²) in [5.74, 6) is -2.68. The smallest absolute Gasteiger partial charge is 0.253 e. The van der Waals surface area contributed by atoms with Gasteiger partial charge in [-0.2, -0.15) is 9.48 Å². The fourth-order valence-corrected chi connectivity index (χ4v) is 4.27. The maximum atomic E-state index is 13.2. The number of fused-ring (bicyclic) bond motifs is 1. The first-order chi connectivity index (χ1) is 7.90. The first-order valence-corrected chi connectivity index (χ1v) is 6.46. The molecule has 0 aromatic heterocycles. The van der Waals surface area contributed by atoms with Gasteiger partial charge in [-0.3, -0.25) is 4.99 Å². The van der Waals surface area contributed by atoms with Crippen LogP contribution in [-0.2, 0) is 0 Å². The summed E-state index contributed by atoms with van der Waals surface area (Å²) < 4.78 is 27.0. The van der Waals surface area contributed by atoms with Crippen molar-refractivity contribution in [1.82, 2.24) is 0 Å². The van der Waals surface area contributed by atoms with Crippen molar-refractivity contribution in [2.45, 2.75) is 23.8 Å². The van der Waals surface area contributed by atoms with Crippen LogP contribution < -0.4 is 0 Å². The Morgan fingerprint density at radius 3 is 2.76 bits per heavy atom. The van der Waals surface area contributed by atoms with E-state index < -0.39 is 10.9 Å². The van der Waals surface area contributed by atoms with E-state index in [1.165, 1.54) is 0 Å². The lowest BCUT2D eigenvalue weighted by atomic mass is 9.84. The summed E-state index contributed by atoms with van der Waals surface area (Å²) in [5, 5.41) is 0. The molecule has 1 atom stereocenters. The lowest BCUT2D eigenvalue weighted by Gasteiger charge is -2.51. The molecular weight excluding hydrogens is 362 g/mol. The summed E-state index contributed by atoms with van der Waals surface area (Å²) in [7, 11) is 0. The standard InChI is InChI=1S/C10H8ClF2IN3/c11-9(5-10(12,13)6-9)17-2-1-15-3-7(17)4-16-8(17)14/h1-4H,5-6H2/q+1. The van der Waals surface area contributed by atoms with Crippen molar-refractivity contribution in [3.8, 4) is 0 Å². The second kappa shape index (κ2) is 3.36. The molecule has 1 unspecified atom stereocenters. The molecule has 1 saturated carbocycles. The Hall–Kier alpha value is -0.340. The van der Waals surface area contributed by atoms with Crippen molar-refractivity contribution in [3.05, 3.63) is 24.3 Å². The predicted molar refractivity (Wildman–Crippen MR) is 70.2 cm³/mol. The zero-order chi connectivity index (χ0) is 12.3. The number of hydrogen-bond donors (Lipinski definition) is 0. The monoisotopic (exact) mass is 370 g/mol. The number of nitrogens with zero attached hydrogens (tertiary/aromatic N) is 3. The summed E-state index contributed by atoms with van der Waals surface area (Å²) >= 11 is 8.45. The van der Waals surface area contributed by atoms with Gasteiger partial charge in [0.2, 0.25) is 5.00 Å². The lowest BCUT2D eigenvalue weighted by Crippen LogP contribution is -2.67. The van der Waals surface area contributed by atoms with Crippen LogP contribution in [0.15, 0.2) is 34.3 Å². The molecule has 3 aliphatic rings. The second-order valence-corrected chi connectivity index (χ2v) is 6.05. The van der Waals surface area contributed by atoms with Crippen molar-refractivity contribution in [2.75, 3.05) is 0 Å². The maximum absolute atomic E-state index is 13.2. The number of allylic oxidation sites excluding steroid dienone is 1. The molecule has 0 N–H and O–H groups in total. The molecular formula is C10H8ClF2IN3+. The minimum Gasteiger partial charge on any atom is -0.253 e. The number of amidine groups is 1. The molecule has 1 aliphatic carbocycles. The average Bonchev–Trinajstić information content (AvgIpc) is 2.55. The van der Waals surface area contributed by atoms with Gasteiger partial charge in [0.15, 0.2) is 5.70 Å². The van der Waals surface area contributed by atoms with Crippen LogP contribution in [0.4, 0.5) is 8.78 Å². The molecule has 3 nitrogen and oxygen atoms in total. The number of aliphatic imine (C=N–C) groups is 2. The highest BCUT2D eigenvalue weighted by molar-refractivity contribution is 14.1. The average molecular weight is 371 g/mol. The van der Waals surface area contributed by atoms with E-state index in [9.17, 15) is 8.78 Å². The van der Waals surface area contributed by atoms with E-state index >= 15 is 0 Å². The van der Waals surface area contributed by atoms with Gasteiger partial charge in [-0.1, -0.05) is 11.6 Å². The molecule has 17 heavy (non-hydrogen) atoms. The SMILES string of the molecule is FC1(F)CC(Cl)([N+]23C=CN=CC2=CN=C3I)C1. The third kappa shape index (κ3) is 1.40. The van der Waals surface area contributed by atoms with Crippen LogP contribution in [0.2, 0.25) is 0 Å². The molecule has 0 aromatic carbocycles. The third-order valence-electron chi connectivity index (χ3n) is 3.28. The van der Waals surface area contributed by atoms with Gasteiger partial charge in [-0.15, -0.1) is 0 Å². The summed E-state index contributed by atoms with van der Waals surface area (Å²) in [5.41, 5.74) is 0.738. The van der Waals surface area contributed by atoms with E-state index in [4.69, 9.17) is 11.6 Å². The van der Waals surface area contributed by atoms with E-state index in [1.807, 2.05) is 22.6 Å². The number of halogens is 4. The predicted octanol–water partition coefficient (Wildman–Crippen LogP) is 3.37. The van der Waals surface area contributed by atoms with Crippen molar-refractivity contribution >= 4 is 44.2 Å². The Labute approximate surface area is 115 Å². The van der Waals surface area contributed by atoms with Gasteiger partial charge in [-0.25, -0.2) is 8.78 Å². The molecule has 3 rings (SSSR count). The fourth-order valence-electron chi connectivity index (χ4n) is 2.46. The van der Waals surface area contributed by atoms with Crippen LogP contribution in [-0.4, -0.2) is 25.5 Å². The van der Waals surface area contributed by atoms with Gasteiger partial charge in [0.05, 0.1) is 54.0 Å². The number of rotatable bonds is 1. The normalized spacial score (nSPS) is 36.0. The second-order valence-electron chi connectivity index (χ2n) is 4.38. The van der Waals surface area contributed by atoms with Gasteiger partial charge >= 0.3 is 0 Å². The van der Waals surface area contributed by atoms with Crippen LogP contribution in [0.1, 0.15) is 12.8 Å². The van der Waals surface area contributed by atoms with E-state index in [0.717, 1.165) is 5.70 Å². The number of quaternary nitrogens is 1. The molecule has 0 saturated heterocycles. The van der Waals surface area contributed by atoms with Crippen molar-refractivity contribution in [3.63, 3.8) is 0 Å². The van der Waals surface area contributed by atoms with Crippen LogP contribution in [0.3, 0.4) is 0 Å². The Morgan fingerprint density at radius 1 is 1.41 bits per heavy atom. The Bertz CT molecular complexity index is 504. The minimum atomic E-state index is -2.68. The van der Waals surface area contributed by atoms with Gasteiger partial charge in [-0.05, 0) is 0 Å². The van der Waals surface area contributed by atoms with E-state index in [-0.39, 0.29) is 17.3 Å². The Balaban J connectivity index is 2.06. The largest absolute Gasteiger partial charge is 0.275 e. The van der Waals surface area contributed by atoms with Crippen molar-refractivity contribution < 1.29 is 13.3 Å². The Kier molecular flexibility index (Phi) is 2.32. The summed E-state index contributed by atoms with van der Waals surface area (Å²) in [6.07, 6.45) is 5.87. The third-order valence-corrected chi connectivity index (χ3v) is 4.85. The van der Waals surface area contributed by atoms with Gasteiger partial charge in [0.1, 0.15) is 6.20 Å². The maximum Gasteiger partial charge on any atom is 0.275 e. The molecule has 1 fully saturated rings. The molecule has 0 spiro atoms. The summed E-state index contributed by atoms with van der Waals surface area (Å²) in [6, 6.07) is 0. The Morgan fingerprint density at radius 2 is 2.12 bits per heavy atom. The van der Waals surface area contributed by atoms with Crippen LogP contribution in [0.25, 0.3) is 0 Å². The zero-order valence-corrected chi connectivity index (χ0v) is 11.5. The van der Waals surface area contributed by atoms with Crippen molar-refractivity contribution in [2.24, 2.45) is 9.98 Å². The van der Waals surface area contributed by atoms with Crippen LogP contribution in [0.5, 0.6) is 0 Å². The summed E-state index contributed by atoms with van der Waals surface area (Å²) in [6.45, 7) is 0. The molecule has 7 heteroatoms. The fraction of sp³-hybridized carbons (Fsp3) is 0.400. The lowest BCUT2D eigenvalue weighted by molar-refractivity contribution is -0.793. The summed E-state index contributed by atoms with van der Waals surface area (Å²) in [4.78, 5) is 7.14. The van der Waals surface area contributed by atoms with E-state index in [2.05, 4.69) is 9.98 Å².